The van der Waals surface area contributed by atoms with E-state index in [0.29, 0.717) is 24.3 Å². The van der Waals surface area contributed by atoms with Gasteiger partial charge in [0.2, 0.25) is 15.9 Å². The number of nitrogens with zero attached hydrogens (tertiary/aromatic N) is 3. The quantitative estimate of drug-likeness (QED) is 0.621. The molecular weight excluding hydrogens is 458 g/mol. The maximum absolute atomic E-state index is 13.3. The Labute approximate surface area is 199 Å². The number of hydrogen-bond donors (Lipinski definition) is 0. The van der Waals surface area contributed by atoms with Crippen molar-refractivity contribution in [1.82, 2.24) is 9.21 Å². The van der Waals surface area contributed by atoms with Gasteiger partial charge in [-0.05, 0) is 49.2 Å². The second kappa shape index (κ2) is 10.0. The standard InChI is InChI=1S/C24H29N3O6S/c1-32-20-10-11-21(33-2)22(17-20)34(30,31)26-15-13-25(14-16-26)24(29)18-6-8-19(9-7-18)27-12-4-3-5-23(27)28/h6-11,17H,3-5,12-16H2,1-2H3. The predicted molar refractivity (Wildman–Crippen MR) is 127 cm³/mol. The van der Waals surface area contributed by atoms with Gasteiger partial charge in [0.1, 0.15) is 16.4 Å². The lowest BCUT2D eigenvalue weighted by atomic mass is 10.1. The van der Waals surface area contributed by atoms with Crippen molar-refractivity contribution in [2.24, 2.45) is 0 Å². The number of methoxy groups -OCH3 is 2. The van der Waals surface area contributed by atoms with Crippen molar-refractivity contribution < 1.29 is 27.5 Å². The zero-order valence-electron chi connectivity index (χ0n) is 19.4. The van der Waals surface area contributed by atoms with Crippen LogP contribution < -0.4 is 14.4 Å². The molecule has 2 amide bonds. The normalized spacial score (nSPS) is 17.5. The second-order valence-corrected chi connectivity index (χ2v) is 10.2. The number of sulfonamides is 1. The van der Waals surface area contributed by atoms with Crippen LogP contribution in [0.15, 0.2) is 47.4 Å². The molecule has 4 rings (SSSR count). The predicted octanol–water partition coefficient (Wildman–Crippen LogP) is 2.37. The number of ether oxygens (including phenoxy) is 2. The lowest BCUT2D eigenvalue weighted by molar-refractivity contribution is -0.119. The van der Waals surface area contributed by atoms with E-state index in [1.54, 1.807) is 46.2 Å². The summed E-state index contributed by atoms with van der Waals surface area (Å²) in [6, 6.07) is 11.7. The molecule has 0 bridgehead atoms. The van der Waals surface area contributed by atoms with Gasteiger partial charge in [0, 0.05) is 56.5 Å². The average Bonchev–Trinajstić information content (AvgIpc) is 2.88. The summed E-state index contributed by atoms with van der Waals surface area (Å²) in [6.07, 6.45) is 2.44. The Morgan fingerprint density at radius 2 is 1.59 bits per heavy atom. The van der Waals surface area contributed by atoms with Crippen LogP contribution in [0, 0.1) is 0 Å². The van der Waals surface area contributed by atoms with Crippen LogP contribution in [0.4, 0.5) is 5.69 Å². The Kier molecular flexibility index (Phi) is 7.08. The highest BCUT2D eigenvalue weighted by molar-refractivity contribution is 7.89. The average molecular weight is 488 g/mol. The van der Waals surface area contributed by atoms with Crippen LogP contribution in [0.1, 0.15) is 29.6 Å². The van der Waals surface area contributed by atoms with Crippen LogP contribution >= 0.6 is 0 Å². The molecule has 2 heterocycles. The Hall–Kier alpha value is -3.11. The summed E-state index contributed by atoms with van der Waals surface area (Å²) < 4.78 is 38.3. The van der Waals surface area contributed by atoms with Gasteiger partial charge in [-0.25, -0.2) is 8.42 Å². The van der Waals surface area contributed by atoms with Crippen molar-refractivity contribution in [2.75, 3.05) is 51.8 Å². The Bertz CT molecular complexity index is 1160. The van der Waals surface area contributed by atoms with E-state index < -0.39 is 10.0 Å². The number of carbonyl (C=O) groups is 2. The molecule has 0 saturated carbocycles. The summed E-state index contributed by atoms with van der Waals surface area (Å²) in [5, 5.41) is 0. The van der Waals surface area contributed by atoms with Crippen LogP contribution in [0.5, 0.6) is 11.5 Å². The van der Waals surface area contributed by atoms with Crippen LogP contribution in [0.25, 0.3) is 0 Å². The smallest absolute Gasteiger partial charge is 0.253 e. The monoisotopic (exact) mass is 487 g/mol. The van der Waals surface area contributed by atoms with Crippen molar-refractivity contribution in [1.29, 1.82) is 0 Å². The number of amides is 2. The van der Waals surface area contributed by atoms with E-state index in [1.165, 1.54) is 24.6 Å². The number of hydrogen-bond acceptors (Lipinski definition) is 6. The highest BCUT2D eigenvalue weighted by atomic mass is 32.2. The summed E-state index contributed by atoms with van der Waals surface area (Å²) in [6.45, 7) is 1.59. The summed E-state index contributed by atoms with van der Waals surface area (Å²) in [5.74, 6) is 0.609. The minimum absolute atomic E-state index is 0.0389. The molecule has 0 aliphatic carbocycles. The van der Waals surface area contributed by atoms with Gasteiger partial charge in [0.25, 0.3) is 5.91 Å². The maximum Gasteiger partial charge on any atom is 0.253 e. The highest BCUT2D eigenvalue weighted by Gasteiger charge is 2.33. The van der Waals surface area contributed by atoms with Gasteiger partial charge in [0.15, 0.2) is 0 Å². The first-order valence-electron chi connectivity index (χ1n) is 11.3. The van der Waals surface area contributed by atoms with E-state index >= 15 is 0 Å². The third-order valence-electron chi connectivity index (χ3n) is 6.26. The second-order valence-electron chi connectivity index (χ2n) is 8.26. The fraction of sp³-hybridized carbons (Fsp3) is 0.417. The molecule has 2 aromatic rings. The zero-order valence-corrected chi connectivity index (χ0v) is 20.2. The van der Waals surface area contributed by atoms with Gasteiger partial charge in [-0.15, -0.1) is 0 Å². The maximum atomic E-state index is 13.3. The SMILES string of the molecule is COc1ccc(OC)c(S(=O)(=O)N2CCN(C(=O)c3ccc(N4CCCCC4=O)cc3)CC2)c1. The van der Waals surface area contributed by atoms with Crippen molar-refractivity contribution in [3.05, 3.63) is 48.0 Å². The van der Waals surface area contributed by atoms with E-state index in [2.05, 4.69) is 0 Å². The van der Waals surface area contributed by atoms with E-state index in [0.717, 1.165) is 18.5 Å². The van der Waals surface area contributed by atoms with Crippen molar-refractivity contribution >= 4 is 27.5 Å². The van der Waals surface area contributed by atoms with Gasteiger partial charge in [0.05, 0.1) is 14.2 Å². The summed E-state index contributed by atoms with van der Waals surface area (Å²) >= 11 is 0. The van der Waals surface area contributed by atoms with Crippen LogP contribution in [0.2, 0.25) is 0 Å². The first-order valence-corrected chi connectivity index (χ1v) is 12.7. The Balaban J connectivity index is 1.42. The molecule has 2 saturated heterocycles. The van der Waals surface area contributed by atoms with E-state index in [1.807, 2.05) is 0 Å². The summed E-state index contributed by atoms with van der Waals surface area (Å²) in [4.78, 5) is 28.6. The number of piperazine rings is 1. The van der Waals surface area contributed by atoms with E-state index in [9.17, 15) is 18.0 Å². The molecule has 9 nitrogen and oxygen atoms in total. The fourth-order valence-corrected chi connectivity index (χ4v) is 5.89. The van der Waals surface area contributed by atoms with Gasteiger partial charge >= 0.3 is 0 Å². The summed E-state index contributed by atoms with van der Waals surface area (Å²) in [7, 11) is -0.929. The third-order valence-corrected chi connectivity index (χ3v) is 8.18. The van der Waals surface area contributed by atoms with Gasteiger partial charge in [-0.3, -0.25) is 9.59 Å². The molecule has 0 atom stereocenters. The number of carbonyl (C=O) groups excluding carboxylic acids is 2. The number of piperidine rings is 1. The van der Waals surface area contributed by atoms with Gasteiger partial charge in [-0.2, -0.15) is 4.31 Å². The molecule has 0 N–H and O–H groups in total. The van der Waals surface area contributed by atoms with Crippen LogP contribution in [0.3, 0.4) is 0 Å². The fourth-order valence-electron chi connectivity index (χ4n) is 4.30. The van der Waals surface area contributed by atoms with Gasteiger partial charge in [-0.1, -0.05) is 0 Å². The molecule has 2 aliphatic heterocycles. The van der Waals surface area contributed by atoms with E-state index in [4.69, 9.17) is 9.47 Å². The lowest BCUT2D eigenvalue weighted by Gasteiger charge is -2.34. The zero-order chi connectivity index (χ0) is 24.3. The Morgan fingerprint density at radius 1 is 0.882 bits per heavy atom. The third kappa shape index (κ3) is 4.74. The lowest BCUT2D eigenvalue weighted by Crippen LogP contribution is -2.50. The number of anilines is 1. The molecule has 0 unspecified atom stereocenters. The van der Waals surface area contributed by atoms with Crippen LogP contribution in [-0.2, 0) is 14.8 Å². The van der Waals surface area contributed by atoms with Crippen molar-refractivity contribution in [2.45, 2.75) is 24.2 Å². The molecule has 182 valence electrons. The van der Waals surface area contributed by atoms with Crippen molar-refractivity contribution in [3.8, 4) is 11.5 Å². The first kappa shape index (κ1) is 24.0. The first-order chi connectivity index (χ1) is 16.3. The largest absolute Gasteiger partial charge is 0.497 e. The topological polar surface area (TPSA) is 96.5 Å². The molecule has 0 spiro atoms. The van der Waals surface area contributed by atoms with Gasteiger partial charge < -0.3 is 19.3 Å². The summed E-state index contributed by atoms with van der Waals surface area (Å²) in [5.41, 5.74) is 1.31. The molecular formula is C24H29N3O6S. The minimum atomic E-state index is -3.82. The highest BCUT2D eigenvalue weighted by Crippen LogP contribution is 2.31. The minimum Gasteiger partial charge on any atom is -0.497 e. The molecule has 0 radical (unpaired) electrons. The van der Waals surface area contributed by atoms with Crippen LogP contribution in [-0.4, -0.2) is 76.4 Å². The molecule has 2 aromatic carbocycles. The number of benzene rings is 2. The Morgan fingerprint density at radius 3 is 2.21 bits per heavy atom. The molecule has 10 heteroatoms. The molecule has 34 heavy (non-hydrogen) atoms. The number of rotatable bonds is 6. The molecule has 2 fully saturated rings. The van der Waals surface area contributed by atoms with Crippen molar-refractivity contribution in [3.63, 3.8) is 0 Å². The molecule has 2 aliphatic rings. The van der Waals surface area contributed by atoms with E-state index in [-0.39, 0.29) is 48.6 Å². The molecule has 0 aromatic heterocycles.